The van der Waals surface area contributed by atoms with E-state index in [0.29, 0.717) is 6.42 Å². The summed E-state index contributed by atoms with van der Waals surface area (Å²) in [6.45, 7) is 3.52. The van der Waals surface area contributed by atoms with Gasteiger partial charge in [0.15, 0.2) is 0 Å². The largest absolute Gasteiger partial charge is 0.481 e. The van der Waals surface area contributed by atoms with E-state index in [1.165, 1.54) is 6.92 Å². The predicted molar refractivity (Wildman–Crippen MR) is 52.0 cm³/mol. The van der Waals surface area contributed by atoms with Crippen molar-refractivity contribution in [1.82, 2.24) is 0 Å². The molecule has 0 rings (SSSR count). The van der Waals surface area contributed by atoms with Gasteiger partial charge in [-0.25, -0.2) is 0 Å². The summed E-state index contributed by atoms with van der Waals surface area (Å²) in [5.74, 6) is -1.01. The lowest BCUT2D eigenvalue weighted by atomic mass is 9.80. The molecule has 13 heavy (non-hydrogen) atoms. The van der Waals surface area contributed by atoms with Gasteiger partial charge >= 0.3 is 5.97 Å². The summed E-state index contributed by atoms with van der Waals surface area (Å²) in [5.41, 5.74) is -1.10. The van der Waals surface area contributed by atoms with Crippen LogP contribution in [0.25, 0.3) is 0 Å². The first-order valence-corrected chi connectivity index (χ1v) is 5.00. The second kappa shape index (κ2) is 5.45. The molecular formula is C9H17ClO3. The van der Waals surface area contributed by atoms with Crippen LogP contribution in [0.1, 0.15) is 33.1 Å². The summed E-state index contributed by atoms with van der Waals surface area (Å²) < 4.78 is 0. The highest BCUT2D eigenvalue weighted by Gasteiger charge is 2.39. The Morgan fingerprint density at radius 2 is 2.15 bits per heavy atom. The standard InChI is InChI=1S/C9H17ClO3/c1-3-4-5-9(2,8(12)13)7(11)6-10/h7,11H,3-6H2,1-2H3,(H,12,13). The topological polar surface area (TPSA) is 57.5 Å². The van der Waals surface area contributed by atoms with Crippen molar-refractivity contribution in [3.63, 3.8) is 0 Å². The SMILES string of the molecule is CCCCC(C)(C(=O)O)C(O)CCl. The molecule has 78 valence electrons. The summed E-state index contributed by atoms with van der Waals surface area (Å²) in [6, 6.07) is 0. The maximum absolute atomic E-state index is 10.9. The minimum atomic E-state index is -1.10. The fourth-order valence-electron chi connectivity index (χ4n) is 1.13. The Kier molecular flexibility index (Phi) is 5.33. The van der Waals surface area contributed by atoms with E-state index in [0.717, 1.165) is 12.8 Å². The van der Waals surface area contributed by atoms with Crippen LogP contribution in [-0.2, 0) is 4.79 Å². The number of carbonyl (C=O) groups is 1. The van der Waals surface area contributed by atoms with Gasteiger partial charge in [0.2, 0.25) is 0 Å². The van der Waals surface area contributed by atoms with Gasteiger partial charge in [-0.15, -0.1) is 11.6 Å². The van der Waals surface area contributed by atoms with Crippen LogP contribution in [0.4, 0.5) is 0 Å². The van der Waals surface area contributed by atoms with E-state index in [1.807, 2.05) is 6.92 Å². The molecule has 0 aromatic rings. The molecule has 3 nitrogen and oxygen atoms in total. The van der Waals surface area contributed by atoms with Gasteiger partial charge in [-0.05, 0) is 13.3 Å². The average molecular weight is 209 g/mol. The number of unbranched alkanes of at least 4 members (excludes halogenated alkanes) is 1. The van der Waals surface area contributed by atoms with Gasteiger partial charge in [0, 0.05) is 5.88 Å². The van der Waals surface area contributed by atoms with Crippen LogP contribution in [0.2, 0.25) is 0 Å². The van der Waals surface area contributed by atoms with Crippen LogP contribution in [-0.4, -0.2) is 28.2 Å². The number of rotatable bonds is 6. The molecule has 0 aliphatic rings. The molecule has 0 spiro atoms. The van der Waals surface area contributed by atoms with E-state index in [2.05, 4.69) is 0 Å². The van der Waals surface area contributed by atoms with Crippen LogP contribution < -0.4 is 0 Å². The Morgan fingerprint density at radius 3 is 2.46 bits per heavy atom. The smallest absolute Gasteiger partial charge is 0.312 e. The zero-order valence-electron chi connectivity index (χ0n) is 8.09. The summed E-state index contributed by atoms with van der Waals surface area (Å²) in [4.78, 5) is 10.9. The van der Waals surface area contributed by atoms with Crippen LogP contribution in [0.3, 0.4) is 0 Å². The van der Waals surface area contributed by atoms with Gasteiger partial charge in [0.05, 0.1) is 11.5 Å². The summed E-state index contributed by atoms with van der Waals surface area (Å²) in [6.07, 6.45) is 1.19. The second-order valence-corrected chi connectivity index (χ2v) is 3.80. The minimum absolute atomic E-state index is 0.0352. The van der Waals surface area contributed by atoms with Crippen molar-refractivity contribution in [2.45, 2.75) is 39.2 Å². The fourth-order valence-corrected chi connectivity index (χ4v) is 1.47. The van der Waals surface area contributed by atoms with Gasteiger partial charge in [-0.2, -0.15) is 0 Å². The Balaban J connectivity index is 4.42. The highest BCUT2D eigenvalue weighted by Crippen LogP contribution is 2.29. The van der Waals surface area contributed by atoms with Gasteiger partial charge in [-0.1, -0.05) is 19.8 Å². The average Bonchev–Trinajstić information content (AvgIpc) is 2.12. The number of aliphatic carboxylic acids is 1. The Morgan fingerprint density at radius 1 is 1.62 bits per heavy atom. The lowest BCUT2D eigenvalue weighted by molar-refractivity contribution is -0.154. The molecule has 0 saturated heterocycles. The summed E-state index contributed by atoms with van der Waals surface area (Å²) in [5, 5.41) is 18.4. The quantitative estimate of drug-likeness (QED) is 0.656. The van der Waals surface area contributed by atoms with Crippen molar-refractivity contribution in [3.8, 4) is 0 Å². The third kappa shape index (κ3) is 3.16. The molecule has 0 saturated carbocycles. The van der Waals surface area contributed by atoms with Crippen molar-refractivity contribution in [2.75, 3.05) is 5.88 Å². The molecule has 2 unspecified atom stereocenters. The molecule has 0 fully saturated rings. The molecule has 0 radical (unpaired) electrons. The van der Waals surface area contributed by atoms with Crippen molar-refractivity contribution in [3.05, 3.63) is 0 Å². The molecule has 0 aromatic carbocycles. The second-order valence-electron chi connectivity index (χ2n) is 3.50. The van der Waals surface area contributed by atoms with E-state index >= 15 is 0 Å². The molecule has 0 aromatic heterocycles. The lowest BCUT2D eigenvalue weighted by Crippen LogP contribution is -2.41. The number of halogens is 1. The highest BCUT2D eigenvalue weighted by molar-refractivity contribution is 6.18. The number of aliphatic hydroxyl groups is 1. The molecule has 0 heterocycles. The van der Waals surface area contributed by atoms with E-state index in [9.17, 15) is 9.90 Å². The first kappa shape index (κ1) is 12.7. The maximum Gasteiger partial charge on any atom is 0.312 e. The van der Waals surface area contributed by atoms with E-state index in [4.69, 9.17) is 16.7 Å². The minimum Gasteiger partial charge on any atom is -0.481 e. The first-order chi connectivity index (χ1) is 5.99. The van der Waals surface area contributed by atoms with Gasteiger partial charge in [0.25, 0.3) is 0 Å². The molecule has 2 atom stereocenters. The zero-order chi connectivity index (χ0) is 10.5. The number of aliphatic hydroxyl groups excluding tert-OH is 1. The molecular weight excluding hydrogens is 192 g/mol. The number of hydrogen-bond donors (Lipinski definition) is 2. The van der Waals surface area contributed by atoms with Gasteiger partial charge in [-0.3, -0.25) is 4.79 Å². The van der Waals surface area contributed by atoms with Crippen LogP contribution >= 0.6 is 11.6 Å². The number of hydrogen-bond acceptors (Lipinski definition) is 2. The maximum atomic E-state index is 10.9. The Hall–Kier alpha value is -0.280. The van der Waals surface area contributed by atoms with Crippen LogP contribution in [0, 0.1) is 5.41 Å². The molecule has 0 amide bonds. The molecule has 0 aliphatic carbocycles. The Labute approximate surface area is 83.7 Å². The summed E-state index contributed by atoms with van der Waals surface area (Å²) >= 11 is 5.45. The van der Waals surface area contributed by atoms with Crippen molar-refractivity contribution >= 4 is 17.6 Å². The lowest BCUT2D eigenvalue weighted by Gasteiger charge is -2.28. The Bertz CT molecular complexity index is 172. The fraction of sp³-hybridized carbons (Fsp3) is 0.889. The van der Waals surface area contributed by atoms with Crippen LogP contribution in [0.5, 0.6) is 0 Å². The number of carboxylic acid groups (broad SMARTS) is 1. The zero-order valence-corrected chi connectivity index (χ0v) is 8.84. The van der Waals surface area contributed by atoms with Gasteiger partial charge in [0.1, 0.15) is 0 Å². The normalized spacial score (nSPS) is 17.8. The van der Waals surface area contributed by atoms with Gasteiger partial charge < -0.3 is 10.2 Å². The van der Waals surface area contributed by atoms with Crippen molar-refractivity contribution in [2.24, 2.45) is 5.41 Å². The molecule has 2 N–H and O–H groups in total. The monoisotopic (exact) mass is 208 g/mol. The predicted octanol–water partition coefficient (Wildman–Crippen LogP) is 1.87. The number of carboxylic acids is 1. The first-order valence-electron chi connectivity index (χ1n) is 4.46. The molecule has 4 heteroatoms. The molecule has 0 bridgehead atoms. The third-order valence-corrected chi connectivity index (χ3v) is 2.71. The highest BCUT2D eigenvalue weighted by atomic mass is 35.5. The van der Waals surface area contributed by atoms with Crippen LogP contribution in [0.15, 0.2) is 0 Å². The molecule has 0 aliphatic heterocycles. The van der Waals surface area contributed by atoms with Crippen molar-refractivity contribution in [1.29, 1.82) is 0 Å². The van der Waals surface area contributed by atoms with E-state index in [-0.39, 0.29) is 5.88 Å². The van der Waals surface area contributed by atoms with Crippen molar-refractivity contribution < 1.29 is 15.0 Å². The number of alkyl halides is 1. The third-order valence-electron chi connectivity index (χ3n) is 2.42. The van der Waals surface area contributed by atoms with E-state index < -0.39 is 17.5 Å². The summed E-state index contributed by atoms with van der Waals surface area (Å²) in [7, 11) is 0. The van der Waals surface area contributed by atoms with E-state index in [1.54, 1.807) is 0 Å².